The fraction of sp³-hybridized carbons (Fsp3) is 0.824. The lowest BCUT2D eigenvalue weighted by atomic mass is 9.73. The van der Waals surface area contributed by atoms with E-state index in [-0.39, 0.29) is 5.54 Å². The Hall–Kier alpha value is -0.410. The van der Waals surface area contributed by atoms with Crippen LogP contribution >= 0.6 is 11.3 Å². The topological polar surface area (TPSA) is 24.9 Å². The lowest BCUT2D eigenvalue weighted by molar-refractivity contribution is 0.170. The Morgan fingerprint density at radius 2 is 2.15 bits per heavy atom. The van der Waals surface area contributed by atoms with Crippen molar-refractivity contribution in [2.75, 3.05) is 7.05 Å². The van der Waals surface area contributed by atoms with E-state index in [1.807, 2.05) is 11.3 Å². The van der Waals surface area contributed by atoms with E-state index in [9.17, 15) is 0 Å². The van der Waals surface area contributed by atoms with Gasteiger partial charge in [-0.05, 0) is 44.1 Å². The van der Waals surface area contributed by atoms with E-state index < -0.39 is 0 Å². The van der Waals surface area contributed by atoms with E-state index >= 15 is 0 Å². The summed E-state index contributed by atoms with van der Waals surface area (Å²) in [6.07, 6.45) is 6.57. The first-order valence-corrected chi connectivity index (χ1v) is 8.99. The predicted molar refractivity (Wildman–Crippen MR) is 88.4 cm³/mol. The van der Waals surface area contributed by atoms with Crippen LogP contribution in [0.4, 0.5) is 0 Å². The maximum absolute atomic E-state index is 4.95. The van der Waals surface area contributed by atoms with E-state index in [0.29, 0.717) is 5.92 Å². The molecule has 1 aliphatic rings. The molecule has 2 nitrogen and oxygen atoms in total. The molecule has 2 unspecified atom stereocenters. The highest BCUT2D eigenvalue weighted by molar-refractivity contribution is 7.09. The van der Waals surface area contributed by atoms with Crippen molar-refractivity contribution in [3.8, 4) is 0 Å². The monoisotopic (exact) mass is 294 g/mol. The van der Waals surface area contributed by atoms with Gasteiger partial charge in [0.1, 0.15) is 5.01 Å². The molecule has 1 heterocycles. The third kappa shape index (κ3) is 3.43. The van der Waals surface area contributed by atoms with Crippen molar-refractivity contribution >= 4 is 11.3 Å². The molecule has 0 bridgehead atoms. The molecule has 1 aromatic heterocycles. The smallest absolute Gasteiger partial charge is 0.113 e. The van der Waals surface area contributed by atoms with Gasteiger partial charge in [0, 0.05) is 5.38 Å². The number of aromatic nitrogens is 1. The largest absolute Gasteiger partial charge is 0.308 e. The highest BCUT2D eigenvalue weighted by atomic mass is 32.1. The Morgan fingerprint density at radius 1 is 1.40 bits per heavy atom. The average molecular weight is 295 g/mol. The van der Waals surface area contributed by atoms with Crippen molar-refractivity contribution < 1.29 is 0 Å². The Kier molecular flexibility index (Phi) is 5.25. The van der Waals surface area contributed by atoms with Crippen LogP contribution in [0, 0.1) is 11.8 Å². The van der Waals surface area contributed by atoms with Gasteiger partial charge in [-0.2, -0.15) is 0 Å². The second kappa shape index (κ2) is 6.57. The van der Waals surface area contributed by atoms with E-state index in [0.717, 1.165) is 11.8 Å². The molecule has 1 saturated carbocycles. The zero-order chi connectivity index (χ0) is 14.8. The summed E-state index contributed by atoms with van der Waals surface area (Å²) in [5, 5.41) is 7.21. The van der Waals surface area contributed by atoms with E-state index in [1.54, 1.807) is 0 Å². The van der Waals surface area contributed by atoms with Crippen LogP contribution in [0.15, 0.2) is 5.38 Å². The molecule has 2 atom stereocenters. The molecule has 1 aromatic rings. The molecule has 0 saturated heterocycles. The lowest BCUT2D eigenvalue weighted by Gasteiger charge is -2.40. The standard InChI is InChI=1S/C17H30N2S/c1-12(2)9-14-7-6-8-17(10-14,18-5)16-19-15(11-20-16)13(3)4/h11-14,18H,6-10H2,1-5H3. The number of hydrogen-bond donors (Lipinski definition) is 1. The fourth-order valence-corrected chi connectivity index (χ4v) is 4.79. The molecule has 0 aromatic carbocycles. The van der Waals surface area contributed by atoms with E-state index in [4.69, 9.17) is 4.98 Å². The first-order valence-electron chi connectivity index (χ1n) is 8.11. The van der Waals surface area contributed by atoms with Gasteiger partial charge in [-0.15, -0.1) is 11.3 Å². The molecular formula is C17H30N2S. The van der Waals surface area contributed by atoms with Gasteiger partial charge in [0.05, 0.1) is 11.2 Å². The van der Waals surface area contributed by atoms with E-state index in [1.165, 1.54) is 42.8 Å². The molecule has 1 aliphatic carbocycles. The minimum Gasteiger partial charge on any atom is -0.308 e. The maximum Gasteiger partial charge on any atom is 0.113 e. The summed E-state index contributed by atoms with van der Waals surface area (Å²) >= 11 is 1.86. The summed E-state index contributed by atoms with van der Waals surface area (Å²) in [5.74, 6) is 2.18. The highest BCUT2D eigenvalue weighted by Gasteiger charge is 2.39. The maximum atomic E-state index is 4.95. The van der Waals surface area contributed by atoms with Crippen molar-refractivity contribution in [1.82, 2.24) is 10.3 Å². The first-order chi connectivity index (χ1) is 9.47. The molecule has 2 rings (SSSR count). The van der Waals surface area contributed by atoms with Crippen LogP contribution in [0.5, 0.6) is 0 Å². The minimum atomic E-state index is 0.135. The highest BCUT2D eigenvalue weighted by Crippen LogP contribution is 2.43. The van der Waals surface area contributed by atoms with Gasteiger partial charge in [0.25, 0.3) is 0 Å². The Bertz CT molecular complexity index is 424. The SMILES string of the molecule is CNC1(c2nc(C(C)C)cs2)CCCC(CC(C)C)C1. The Labute approximate surface area is 128 Å². The third-order valence-electron chi connectivity index (χ3n) is 4.66. The number of hydrogen-bond acceptors (Lipinski definition) is 3. The first kappa shape index (κ1) is 16.0. The van der Waals surface area contributed by atoms with Crippen LogP contribution in [0.25, 0.3) is 0 Å². The molecule has 0 spiro atoms. The molecule has 0 aliphatic heterocycles. The summed E-state index contributed by atoms with van der Waals surface area (Å²) < 4.78 is 0. The van der Waals surface area contributed by atoms with Crippen LogP contribution in [-0.2, 0) is 5.54 Å². The molecule has 0 radical (unpaired) electrons. The van der Waals surface area contributed by atoms with Crippen LogP contribution in [0.1, 0.15) is 76.4 Å². The Morgan fingerprint density at radius 3 is 2.70 bits per heavy atom. The molecule has 0 amide bonds. The van der Waals surface area contributed by atoms with Gasteiger partial charge in [-0.3, -0.25) is 0 Å². The van der Waals surface area contributed by atoms with E-state index in [2.05, 4.69) is 45.4 Å². The van der Waals surface area contributed by atoms with Gasteiger partial charge in [0.2, 0.25) is 0 Å². The zero-order valence-electron chi connectivity index (χ0n) is 13.7. The molecule has 114 valence electrons. The molecular weight excluding hydrogens is 264 g/mol. The van der Waals surface area contributed by atoms with Crippen molar-refractivity contribution in [2.45, 2.75) is 71.3 Å². The predicted octanol–water partition coefficient (Wildman–Crippen LogP) is 4.92. The van der Waals surface area contributed by atoms with Gasteiger partial charge in [0.15, 0.2) is 0 Å². The van der Waals surface area contributed by atoms with Gasteiger partial charge >= 0.3 is 0 Å². The second-order valence-electron chi connectivity index (χ2n) is 7.16. The van der Waals surface area contributed by atoms with Crippen LogP contribution in [0.3, 0.4) is 0 Å². The quantitative estimate of drug-likeness (QED) is 0.834. The van der Waals surface area contributed by atoms with Crippen molar-refractivity contribution in [1.29, 1.82) is 0 Å². The fourth-order valence-electron chi connectivity index (χ4n) is 3.56. The number of thiazole rings is 1. The number of rotatable bonds is 5. The lowest BCUT2D eigenvalue weighted by Crippen LogP contribution is -2.44. The number of nitrogens with zero attached hydrogens (tertiary/aromatic N) is 1. The molecule has 20 heavy (non-hydrogen) atoms. The van der Waals surface area contributed by atoms with Gasteiger partial charge in [-0.25, -0.2) is 4.98 Å². The van der Waals surface area contributed by atoms with Crippen molar-refractivity contribution in [3.63, 3.8) is 0 Å². The van der Waals surface area contributed by atoms with Gasteiger partial charge in [-0.1, -0.05) is 40.5 Å². The minimum absolute atomic E-state index is 0.135. The summed E-state index contributed by atoms with van der Waals surface area (Å²) in [6, 6.07) is 0. The average Bonchev–Trinajstić information content (AvgIpc) is 2.88. The molecule has 3 heteroatoms. The van der Waals surface area contributed by atoms with Crippen molar-refractivity contribution in [3.05, 3.63) is 16.1 Å². The second-order valence-corrected chi connectivity index (χ2v) is 8.01. The Balaban J connectivity index is 2.18. The van der Waals surface area contributed by atoms with Crippen LogP contribution < -0.4 is 5.32 Å². The van der Waals surface area contributed by atoms with Crippen molar-refractivity contribution in [2.24, 2.45) is 11.8 Å². The summed E-state index contributed by atoms with van der Waals surface area (Å²) in [7, 11) is 2.12. The summed E-state index contributed by atoms with van der Waals surface area (Å²) in [5.41, 5.74) is 1.39. The molecule has 1 fully saturated rings. The van der Waals surface area contributed by atoms with Crippen LogP contribution in [0.2, 0.25) is 0 Å². The molecule has 1 N–H and O–H groups in total. The van der Waals surface area contributed by atoms with Gasteiger partial charge < -0.3 is 5.32 Å². The number of nitrogens with one attached hydrogen (secondary N) is 1. The normalized spacial score (nSPS) is 27.4. The third-order valence-corrected chi connectivity index (χ3v) is 5.72. The zero-order valence-corrected chi connectivity index (χ0v) is 14.5. The summed E-state index contributed by atoms with van der Waals surface area (Å²) in [6.45, 7) is 9.15. The van der Waals surface area contributed by atoms with Crippen LogP contribution in [-0.4, -0.2) is 12.0 Å². The summed E-state index contributed by atoms with van der Waals surface area (Å²) in [4.78, 5) is 4.95.